The lowest BCUT2D eigenvalue weighted by Gasteiger charge is -2.33. The lowest BCUT2D eigenvalue weighted by molar-refractivity contribution is 0.0174. The van der Waals surface area contributed by atoms with Crippen LogP contribution in [0.5, 0.6) is 23.0 Å². The van der Waals surface area contributed by atoms with Gasteiger partial charge in [-0.3, -0.25) is 4.90 Å². The van der Waals surface area contributed by atoms with Gasteiger partial charge in [0.1, 0.15) is 23.0 Å². The summed E-state index contributed by atoms with van der Waals surface area (Å²) in [5, 5.41) is 0. The van der Waals surface area contributed by atoms with Crippen LogP contribution in [0.4, 0.5) is 0 Å². The zero-order valence-electron chi connectivity index (χ0n) is 18.2. The van der Waals surface area contributed by atoms with Crippen LogP contribution in [0.15, 0.2) is 36.4 Å². The van der Waals surface area contributed by atoms with E-state index in [1.165, 1.54) is 5.56 Å². The molecule has 2 aromatic rings. The number of nitrogens with zero attached hydrogens (tertiary/aromatic N) is 1. The normalized spacial score (nSPS) is 23.7. The van der Waals surface area contributed by atoms with Crippen molar-refractivity contribution >= 4 is 0 Å². The van der Waals surface area contributed by atoms with Crippen LogP contribution in [0.3, 0.4) is 0 Å². The third-order valence-corrected chi connectivity index (χ3v) is 6.51. The minimum atomic E-state index is 0.330. The molecule has 6 heteroatoms. The van der Waals surface area contributed by atoms with Gasteiger partial charge in [0.25, 0.3) is 0 Å². The van der Waals surface area contributed by atoms with Crippen LogP contribution in [-0.4, -0.2) is 59.1 Å². The molecule has 2 aliphatic heterocycles. The largest absolute Gasteiger partial charge is 0.497 e. The maximum Gasteiger partial charge on any atom is 0.127 e. The molecule has 0 amide bonds. The summed E-state index contributed by atoms with van der Waals surface area (Å²) in [6.45, 7) is 3.28. The second kappa shape index (κ2) is 9.14. The van der Waals surface area contributed by atoms with Crippen molar-refractivity contribution in [3.05, 3.63) is 47.5 Å². The van der Waals surface area contributed by atoms with E-state index in [2.05, 4.69) is 11.0 Å². The van der Waals surface area contributed by atoms with Crippen LogP contribution in [0.1, 0.15) is 23.5 Å². The molecule has 0 aromatic heterocycles. The number of benzene rings is 2. The van der Waals surface area contributed by atoms with E-state index in [1.54, 1.807) is 28.4 Å². The van der Waals surface area contributed by atoms with Gasteiger partial charge in [-0.25, -0.2) is 0 Å². The van der Waals surface area contributed by atoms with Crippen molar-refractivity contribution < 1.29 is 23.7 Å². The fourth-order valence-corrected chi connectivity index (χ4v) is 5.03. The monoisotopic (exact) mass is 413 g/mol. The van der Waals surface area contributed by atoms with Gasteiger partial charge < -0.3 is 23.7 Å². The number of hydrogen-bond acceptors (Lipinski definition) is 6. The molecule has 2 saturated heterocycles. The third-order valence-electron chi connectivity index (χ3n) is 6.51. The zero-order valence-corrected chi connectivity index (χ0v) is 18.2. The summed E-state index contributed by atoms with van der Waals surface area (Å²) in [5.74, 6) is 4.16. The molecule has 0 radical (unpaired) electrons. The van der Waals surface area contributed by atoms with E-state index >= 15 is 0 Å². The molecule has 4 rings (SSSR count). The van der Waals surface area contributed by atoms with Crippen LogP contribution in [-0.2, 0) is 11.3 Å². The van der Waals surface area contributed by atoms with Gasteiger partial charge in [-0.05, 0) is 30.2 Å². The lowest BCUT2D eigenvalue weighted by Crippen LogP contribution is -2.38. The highest BCUT2D eigenvalue weighted by atomic mass is 16.5. The Kier molecular flexibility index (Phi) is 6.35. The standard InChI is InChI=1S/C24H31NO5/c1-26-16-8-9-17(24(12-16)29-4)18-13-25(21-10-11-30-15-20(18)21)14-19-22(27-2)6-5-7-23(19)28-3/h5-9,12,18,20-21H,10-11,13-15H2,1-4H3/t18-,20-,21-/m1/s1. The number of likely N-dealkylation sites (tertiary alicyclic amines) is 1. The van der Waals surface area contributed by atoms with E-state index in [0.717, 1.165) is 61.3 Å². The number of methoxy groups -OCH3 is 4. The molecular weight excluding hydrogens is 382 g/mol. The molecule has 0 bridgehead atoms. The van der Waals surface area contributed by atoms with Gasteiger partial charge >= 0.3 is 0 Å². The summed E-state index contributed by atoms with van der Waals surface area (Å²) in [5.41, 5.74) is 2.31. The molecule has 2 heterocycles. The molecule has 2 aromatic carbocycles. The van der Waals surface area contributed by atoms with Crippen LogP contribution >= 0.6 is 0 Å². The smallest absolute Gasteiger partial charge is 0.127 e. The predicted octanol–water partition coefficient (Wildman–Crippen LogP) is 3.73. The van der Waals surface area contributed by atoms with Gasteiger partial charge in [-0.15, -0.1) is 0 Å². The van der Waals surface area contributed by atoms with Gasteiger partial charge in [0.05, 0.1) is 40.6 Å². The van der Waals surface area contributed by atoms with Gasteiger partial charge in [0.15, 0.2) is 0 Å². The number of fused-ring (bicyclic) bond motifs is 1. The van der Waals surface area contributed by atoms with E-state index < -0.39 is 0 Å². The zero-order chi connectivity index (χ0) is 21.1. The van der Waals surface area contributed by atoms with Crippen molar-refractivity contribution in [2.24, 2.45) is 5.92 Å². The molecule has 162 valence electrons. The Labute approximate surface area is 178 Å². The van der Waals surface area contributed by atoms with Crippen molar-refractivity contribution in [3.63, 3.8) is 0 Å². The van der Waals surface area contributed by atoms with Gasteiger partial charge in [0, 0.05) is 43.6 Å². The maximum atomic E-state index is 5.90. The SMILES string of the molecule is COc1ccc([C@H]2CN(Cc3c(OC)cccc3OC)[C@@H]3CCOC[C@H]23)c(OC)c1. The third kappa shape index (κ3) is 3.82. The Balaban J connectivity index is 1.66. The van der Waals surface area contributed by atoms with Gasteiger partial charge in [-0.2, -0.15) is 0 Å². The fraction of sp³-hybridized carbons (Fsp3) is 0.500. The molecular formula is C24H31NO5. The lowest BCUT2D eigenvalue weighted by atomic mass is 9.83. The summed E-state index contributed by atoms with van der Waals surface area (Å²) in [7, 11) is 6.83. The second-order valence-corrected chi connectivity index (χ2v) is 7.88. The number of hydrogen-bond donors (Lipinski definition) is 0. The highest BCUT2D eigenvalue weighted by Crippen LogP contribution is 2.46. The van der Waals surface area contributed by atoms with Crippen LogP contribution < -0.4 is 18.9 Å². The van der Waals surface area contributed by atoms with Crippen molar-refractivity contribution in [1.82, 2.24) is 4.90 Å². The molecule has 0 spiro atoms. The summed E-state index contributed by atoms with van der Waals surface area (Å²) in [6, 6.07) is 12.5. The fourth-order valence-electron chi connectivity index (χ4n) is 5.03. The Hall–Kier alpha value is -2.44. The van der Waals surface area contributed by atoms with Crippen LogP contribution in [0, 0.1) is 5.92 Å². The van der Waals surface area contributed by atoms with E-state index in [9.17, 15) is 0 Å². The molecule has 30 heavy (non-hydrogen) atoms. The second-order valence-electron chi connectivity index (χ2n) is 7.88. The molecule has 0 aliphatic carbocycles. The van der Waals surface area contributed by atoms with E-state index in [0.29, 0.717) is 17.9 Å². The topological polar surface area (TPSA) is 49.4 Å². The molecule has 0 saturated carbocycles. The first-order valence-electron chi connectivity index (χ1n) is 10.4. The Morgan fingerprint density at radius 1 is 0.933 bits per heavy atom. The van der Waals surface area contributed by atoms with E-state index in [-0.39, 0.29) is 0 Å². The first kappa shape index (κ1) is 20.8. The molecule has 0 N–H and O–H groups in total. The first-order valence-corrected chi connectivity index (χ1v) is 10.4. The highest BCUT2D eigenvalue weighted by molar-refractivity contribution is 5.46. The summed E-state index contributed by atoms with van der Waals surface area (Å²) in [4.78, 5) is 2.56. The quantitative estimate of drug-likeness (QED) is 0.690. The van der Waals surface area contributed by atoms with Crippen molar-refractivity contribution in [3.8, 4) is 23.0 Å². The number of ether oxygens (including phenoxy) is 5. The van der Waals surface area contributed by atoms with Crippen LogP contribution in [0.25, 0.3) is 0 Å². The minimum absolute atomic E-state index is 0.330. The number of rotatable bonds is 7. The first-order chi connectivity index (χ1) is 14.7. The van der Waals surface area contributed by atoms with E-state index in [1.807, 2.05) is 30.3 Å². The van der Waals surface area contributed by atoms with Crippen molar-refractivity contribution in [2.45, 2.75) is 24.9 Å². The summed E-state index contributed by atoms with van der Waals surface area (Å²) in [6.07, 6.45) is 1.02. The Bertz CT molecular complexity index is 848. The molecule has 2 aliphatic rings. The minimum Gasteiger partial charge on any atom is -0.497 e. The predicted molar refractivity (Wildman–Crippen MR) is 115 cm³/mol. The van der Waals surface area contributed by atoms with Gasteiger partial charge in [0.2, 0.25) is 0 Å². The maximum absolute atomic E-state index is 5.90. The van der Waals surface area contributed by atoms with E-state index in [4.69, 9.17) is 23.7 Å². The Morgan fingerprint density at radius 2 is 1.67 bits per heavy atom. The summed E-state index contributed by atoms with van der Waals surface area (Å²) < 4.78 is 28.3. The van der Waals surface area contributed by atoms with Crippen molar-refractivity contribution in [2.75, 3.05) is 48.2 Å². The van der Waals surface area contributed by atoms with Crippen molar-refractivity contribution in [1.29, 1.82) is 0 Å². The van der Waals surface area contributed by atoms with Crippen LogP contribution in [0.2, 0.25) is 0 Å². The molecule has 3 atom stereocenters. The average Bonchev–Trinajstić information content (AvgIpc) is 3.17. The molecule has 0 unspecified atom stereocenters. The average molecular weight is 414 g/mol. The summed E-state index contributed by atoms with van der Waals surface area (Å²) >= 11 is 0. The highest BCUT2D eigenvalue weighted by Gasteiger charge is 2.45. The molecule has 2 fully saturated rings. The van der Waals surface area contributed by atoms with Gasteiger partial charge in [-0.1, -0.05) is 12.1 Å². The molecule has 6 nitrogen and oxygen atoms in total. The Morgan fingerprint density at radius 3 is 2.33 bits per heavy atom.